The van der Waals surface area contributed by atoms with Gasteiger partial charge in [0.25, 0.3) is 5.91 Å². The molecule has 8 nitrogen and oxygen atoms in total. The molecule has 134 valence electrons. The molecule has 1 aromatic heterocycles. The van der Waals surface area contributed by atoms with Crippen LogP contribution in [-0.2, 0) is 19.6 Å². The third-order valence-corrected chi connectivity index (χ3v) is 4.21. The molecule has 0 saturated carbocycles. The van der Waals surface area contributed by atoms with E-state index in [4.69, 9.17) is 5.26 Å². The molecule has 2 heterocycles. The molecule has 0 aliphatic carbocycles. The van der Waals surface area contributed by atoms with Crippen LogP contribution in [0.15, 0.2) is 30.3 Å². The monoisotopic (exact) mass is 352 g/mol. The van der Waals surface area contributed by atoms with Gasteiger partial charge in [-0.2, -0.15) is 10.4 Å². The number of nitriles is 1. The lowest BCUT2D eigenvalue weighted by Crippen LogP contribution is -2.43. The first-order valence-corrected chi connectivity index (χ1v) is 8.28. The number of nitrogens with zero attached hydrogens (tertiary/aromatic N) is 5. The van der Waals surface area contributed by atoms with Crippen molar-refractivity contribution in [2.75, 3.05) is 20.6 Å². The molecule has 0 fully saturated rings. The second kappa shape index (κ2) is 7.27. The summed E-state index contributed by atoms with van der Waals surface area (Å²) in [6, 6.07) is 10.4. The zero-order valence-corrected chi connectivity index (χ0v) is 14.8. The molecule has 0 bridgehead atoms. The minimum Gasteiger partial charge on any atom is -0.346 e. The Bertz CT molecular complexity index is 863. The molecule has 0 saturated heterocycles. The highest BCUT2D eigenvalue weighted by Crippen LogP contribution is 2.15. The van der Waals surface area contributed by atoms with E-state index in [2.05, 4.69) is 10.4 Å². The van der Waals surface area contributed by atoms with Crippen molar-refractivity contribution in [1.82, 2.24) is 24.9 Å². The Hall–Kier alpha value is -3.34. The molecule has 8 heteroatoms. The number of hydrogen-bond acceptors (Lipinski definition) is 4. The molecule has 1 aromatic carbocycles. The lowest BCUT2D eigenvalue weighted by atomic mass is 10.1. The normalized spacial score (nSPS) is 12.9. The van der Waals surface area contributed by atoms with Crippen LogP contribution in [0.25, 0.3) is 0 Å². The fourth-order valence-electron chi connectivity index (χ4n) is 2.83. The van der Waals surface area contributed by atoms with E-state index in [1.54, 1.807) is 48.2 Å². The summed E-state index contributed by atoms with van der Waals surface area (Å²) in [6.45, 7) is 2.06. The molecule has 0 unspecified atom stereocenters. The van der Waals surface area contributed by atoms with Gasteiger partial charge in [-0.1, -0.05) is 0 Å². The SMILES string of the molecule is CN(C)C(=O)N1CCn2nc(CNC(=O)c3ccc(C#N)cc3)cc2C1. The van der Waals surface area contributed by atoms with Crippen molar-refractivity contribution in [3.8, 4) is 6.07 Å². The van der Waals surface area contributed by atoms with Gasteiger partial charge in [0.05, 0.1) is 42.7 Å². The molecule has 2 aromatic rings. The van der Waals surface area contributed by atoms with Crippen LogP contribution in [0.4, 0.5) is 4.79 Å². The van der Waals surface area contributed by atoms with Gasteiger partial charge >= 0.3 is 6.03 Å². The van der Waals surface area contributed by atoms with Crippen molar-refractivity contribution >= 4 is 11.9 Å². The number of hydrogen-bond donors (Lipinski definition) is 1. The highest BCUT2D eigenvalue weighted by molar-refractivity contribution is 5.94. The first-order chi connectivity index (χ1) is 12.5. The topological polar surface area (TPSA) is 94.3 Å². The molecule has 1 aliphatic rings. The average molecular weight is 352 g/mol. The Balaban J connectivity index is 1.61. The predicted molar refractivity (Wildman–Crippen MR) is 94.0 cm³/mol. The molecule has 1 aliphatic heterocycles. The minimum absolute atomic E-state index is 0.0203. The first kappa shape index (κ1) is 17.5. The van der Waals surface area contributed by atoms with Crippen LogP contribution in [-0.4, -0.2) is 52.2 Å². The Morgan fingerprint density at radius 2 is 2.00 bits per heavy atom. The van der Waals surface area contributed by atoms with Gasteiger partial charge in [0.15, 0.2) is 0 Å². The molecule has 26 heavy (non-hydrogen) atoms. The molecular formula is C18H20N6O2. The second-order valence-corrected chi connectivity index (χ2v) is 6.32. The maximum Gasteiger partial charge on any atom is 0.319 e. The van der Waals surface area contributed by atoms with E-state index in [1.165, 1.54) is 0 Å². The number of nitrogens with one attached hydrogen (secondary N) is 1. The van der Waals surface area contributed by atoms with Gasteiger partial charge in [-0.3, -0.25) is 9.48 Å². The second-order valence-electron chi connectivity index (χ2n) is 6.32. The summed E-state index contributed by atoms with van der Waals surface area (Å²) in [6.07, 6.45) is 0. The maximum absolute atomic E-state index is 12.2. The van der Waals surface area contributed by atoms with Gasteiger partial charge in [0.2, 0.25) is 0 Å². The minimum atomic E-state index is -0.218. The van der Waals surface area contributed by atoms with E-state index in [9.17, 15) is 9.59 Å². The van der Waals surface area contributed by atoms with Crippen molar-refractivity contribution in [3.05, 3.63) is 52.8 Å². The molecule has 3 amide bonds. The molecule has 0 radical (unpaired) electrons. The standard InChI is InChI=1S/C18H20N6O2/c1-22(2)18(26)23-7-8-24-16(12-23)9-15(21-24)11-20-17(25)14-5-3-13(10-19)4-6-14/h3-6,9H,7-8,11-12H2,1-2H3,(H,20,25). The molecule has 0 atom stereocenters. The number of rotatable bonds is 3. The Labute approximate surface area is 151 Å². The van der Waals surface area contributed by atoms with E-state index in [1.807, 2.05) is 16.8 Å². The summed E-state index contributed by atoms with van der Waals surface area (Å²) in [4.78, 5) is 27.6. The smallest absolute Gasteiger partial charge is 0.319 e. The summed E-state index contributed by atoms with van der Waals surface area (Å²) in [7, 11) is 3.47. The largest absolute Gasteiger partial charge is 0.346 e. The Morgan fingerprint density at radius 1 is 1.27 bits per heavy atom. The van der Waals surface area contributed by atoms with Gasteiger partial charge in [0, 0.05) is 26.2 Å². The predicted octanol–water partition coefficient (Wildman–Crippen LogP) is 1.18. The molecular weight excluding hydrogens is 332 g/mol. The van der Waals surface area contributed by atoms with Gasteiger partial charge in [-0.05, 0) is 30.3 Å². The Kier molecular flexibility index (Phi) is 4.89. The number of urea groups is 1. The van der Waals surface area contributed by atoms with E-state index >= 15 is 0 Å². The van der Waals surface area contributed by atoms with Crippen molar-refractivity contribution < 1.29 is 9.59 Å². The van der Waals surface area contributed by atoms with Crippen molar-refractivity contribution in [2.45, 2.75) is 19.6 Å². The van der Waals surface area contributed by atoms with Crippen LogP contribution in [0.2, 0.25) is 0 Å². The Morgan fingerprint density at radius 3 is 2.65 bits per heavy atom. The zero-order chi connectivity index (χ0) is 18.7. The summed E-state index contributed by atoms with van der Waals surface area (Å²) in [5.41, 5.74) is 2.71. The van der Waals surface area contributed by atoms with Crippen LogP contribution in [0.5, 0.6) is 0 Å². The molecule has 3 rings (SSSR count). The van der Waals surface area contributed by atoms with E-state index in [0.29, 0.717) is 37.3 Å². The number of fused-ring (bicyclic) bond motifs is 1. The van der Waals surface area contributed by atoms with Crippen molar-refractivity contribution in [1.29, 1.82) is 5.26 Å². The van der Waals surface area contributed by atoms with Gasteiger partial charge in [-0.15, -0.1) is 0 Å². The van der Waals surface area contributed by atoms with Gasteiger partial charge < -0.3 is 15.1 Å². The number of carbonyl (C=O) groups is 2. The zero-order valence-electron chi connectivity index (χ0n) is 14.8. The summed E-state index contributed by atoms with van der Waals surface area (Å²) >= 11 is 0. The van der Waals surface area contributed by atoms with Crippen LogP contribution < -0.4 is 5.32 Å². The number of amides is 3. The van der Waals surface area contributed by atoms with E-state index in [0.717, 1.165) is 11.4 Å². The van der Waals surface area contributed by atoms with Crippen molar-refractivity contribution in [3.63, 3.8) is 0 Å². The number of benzene rings is 1. The third-order valence-electron chi connectivity index (χ3n) is 4.21. The van der Waals surface area contributed by atoms with Crippen LogP contribution in [0, 0.1) is 11.3 Å². The summed E-state index contributed by atoms with van der Waals surface area (Å²) in [5, 5.41) is 16.1. The third kappa shape index (κ3) is 3.67. The molecule has 0 spiro atoms. The highest BCUT2D eigenvalue weighted by Gasteiger charge is 2.23. The summed E-state index contributed by atoms with van der Waals surface area (Å²) in [5.74, 6) is -0.218. The van der Waals surface area contributed by atoms with Crippen LogP contribution >= 0.6 is 0 Å². The van der Waals surface area contributed by atoms with Crippen molar-refractivity contribution in [2.24, 2.45) is 0 Å². The maximum atomic E-state index is 12.2. The quantitative estimate of drug-likeness (QED) is 0.897. The molecule has 1 N–H and O–H groups in total. The van der Waals surface area contributed by atoms with Gasteiger partial charge in [-0.25, -0.2) is 4.79 Å². The number of aromatic nitrogens is 2. The van der Waals surface area contributed by atoms with Crippen LogP contribution in [0.1, 0.15) is 27.3 Å². The fraction of sp³-hybridized carbons (Fsp3) is 0.333. The van der Waals surface area contributed by atoms with Crippen LogP contribution in [0.3, 0.4) is 0 Å². The highest BCUT2D eigenvalue weighted by atomic mass is 16.2. The average Bonchev–Trinajstić information content (AvgIpc) is 3.07. The first-order valence-electron chi connectivity index (χ1n) is 8.28. The lowest BCUT2D eigenvalue weighted by molar-refractivity contribution is 0.0950. The van der Waals surface area contributed by atoms with E-state index < -0.39 is 0 Å². The lowest BCUT2D eigenvalue weighted by Gasteiger charge is -2.29. The summed E-state index contributed by atoms with van der Waals surface area (Å²) < 4.78 is 1.88. The van der Waals surface area contributed by atoms with E-state index in [-0.39, 0.29) is 11.9 Å². The number of carbonyl (C=O) groups excluding carboxylic acids is 2. The van der Waals surface area contributed by atoms with Gasteiger partial charge in [0.1, 0.15) is 0 Å². The fourth-order valence-corrected chi connectivity index (χ4v) is 2.83.